The Bertz CT molecular complexity index is 583. The number of aryl methyl sites for hydroxylation is 1. The minimum Gasteiger partial charge on any atom is -0.465 e. The Labute approximate surface area is 121 Å². The Morgan fingerprint density at radius 3 is 2.63 bits per heavy atom. The summed E-state index contributed by atoms with van der Waals surface area (Å²) in [6.07, 6.45) is 0. The van der Waals surface area contributed by atoms with Gasteiger partial charge in [0.15, 0.2) is 0 Å². The molecule has 1 N–H and O–H groups in total. The predicted molar refractivity (Wildman–Crippen MR) is 75.1 cm³/mol. The van der Waals surface area contributed by atoms with E-state index in [1.807, 2.05) is 26.0 Å². The van der Waals surface area contributed by atoms with E-state index in [0.717, 1.165) is 11.5 Å². The molecule has 1 unspecified atom stereocenters. The molecule has 5 heteroatoms. The Morgan fingerprint density at radius 2 is 2.00 bits per heavy atom. The van der Waals surface area contributed by atoms with Crippen LogP contribution in [0.4, 0.5) is 4.39 Å². The van der Waals surface area contributed by atoms with Crippen molar-refractivity contribution in [1.29, 1.82) is 0 Å². The summed E-state index contributed by atoms with van der Waals surface area (Å²) in [6.45, 7) is 4.35. The van der Waals surface area contributed by atoms with Crippen molar-refractivity contribution in [3.63, 3.8) is 0 Å². The molecule has 0 saturated heterocycles. The zero-order valence-electron chi connectivity index (χ0n) is 10.6. The van der Waals surface area contributed by atoms with Gasteiger partial charge in [-0.2, -0.15) is 0 Å². The fourth-order valence-corrected chi connectivity index (χ4v) is 2.36. The number of halogens is 3. The summed E-state index contributed by atoms with van der Waals surface area (Å²) in [4.78, 5) is 0. The molecule has 0 radical (unpaired) electrons. The van der Waals surface area contributed by atoms with Gasteiger partial charge < -0.3 is 9.73 Å². The van der Waals surface area contributed by atoms with Gasteiger partial charge in [-0.3, -0.25) is 0 Å². The van der Waals surface area contributed by atoms with E-state index in [1.165, 1.54) is 12.1 Å². The average Bonchev–Trinajstić information content (AvgIpc) is 2.77. The van der Waals surface area contributed by atoms with Crippen molar-refractivity contribution in [3.8, 4) is 0 Å². The minimum atomic E-state index is -0.469. The molecular formula is C14H14Cl2FNO. The highest BCUT2D eigenvalue weighted by Gasteiger charge is 2.13. The Balaban J connectivity index is 2.07. The normalized spacial score (nSPS) is 12.7. The first-order chi connectivity index (χ1) is 8.97. The van der Waals surface area contributed by atoms with Crippen LogP contribution in [-0.2, 0) is 6.54 Å². The van der Waals surface area contributed by atoms with Crippen LogP contribution in [0.25, 0.3) is 0 Å². The standard InChI is InChI=1S/C14H14Cl2FNO/c1-8-3-4-10(19-8)7-18-9(2)11-5-14(17)13(16)6-12(11)15/h3-6,9,18H,7H2,1-2H3. The zero-order valence-corrected chi connectivity index (χ0v) is 12.1. The van der Waals surface area contributed by atoms with Crippen molar-refractivity contribution in [2.24, 2.45) is 0 Å². The molecule has 2 rings (SSSR count). The van der Waals surface area contributed by atoms with Crippen molar-refractivity contribution in [3.05, 3.63) is 57.2 Å². The molecule has 0 amide bonds. The molecule has 0 fully saturated rings. The third-order valence-corrected chi connectivity index (χ3v) is 3.50. The van der Waals surface area contributed by atoms with Gasteiger partial charge in [0.25, 0.3) is 0 Å². The quantitative estimate of drug-likeness (QED) is 0.814. The summed E-state index contributed by atoms with van der Waals surface area (Å²) in [5, 5.41) is 3.70. The van der Waals surface area contributed by atoms with Gasteiger partial charge in [-0.1, -0.05) is 23.2 Å². The first-order valence-electron chi connectivity index (χ1n) is 5.90. The number of hydrogen-bond acceptors (Lipinski definition) is 2. The highest BCUT2D eigenvalue weighted by molar-refractivity contribution is 6.35. The molecule has 1 aromatic heterocycles. The summed E-state index contributed by atoms with van der Waals surface area (Å²) < 4.78 is 18.9. The second-order valence-corrected chi connectivity index (χ2v) is 5.22. The molecule has 1 atom stereocenters. The van der Waals surface area contributed by atoms with Gasteiger partial charge in [-0.15, -0.1) is 0 Å². The van der Waals surface area contributed by atoms with Gasteiger partial charge in [0, 0.05) is 11.1 Å². The van der Waals surface area contributed by atoms with Crippen LogP contribution < -0.4 is 5.32 Å². The predicted octanol–water partition coefficient (Wildman–Crippen LogP) is 4.88. The zero-order chi connectivity index (χ0) is 14.0. The summed E-state index contributed by atoms with van der Waals surface area (Å²) in [5.41, 5.74) is 0.673. The SMILES string of the molecule is Cc1ccc(CNC(C)c2cc(F)c(Cl)cc2Cl)o1. The van der Waals surface area contributed by atoms with Gasteiger partial charge in [0.1, 0.15) is 17.3 Å². The highest BCUT2D eigenvalue weighted by atomic mass is 35.5. The van der Waals surface area contributed by atoms with Crippen LogP contribution in [0.3, 0.4) is 0 Å². The van der Waals surface area contributed by atoms with Crippen LogP contribution in [0, 0.1) is 12.7 Å². The van der Waals surface area contributed by atoms with E-state index < -0.39 is 5.82 Å². The maximum absolute atomic E-state index is 13.4. The van der Waals surface area contributed by atoms with E-state index in [1.54, 1.807) is 0 Å². The summed E-state index contributed by atoms with van der Waals surface area (Å²) >= 11 is 11.7. The van der Waals surface area contributed by atoms with E-state index in [0.29, 0.717) is 17.1 Å². The maximum atomic E-state index is 13.4. The van der Waals surface area contributed by atoms with Gasteiger partial charge in [-0.05, 0) is 43.7 Å². The van der Waals surface area contributed by atoms with Crippen LogP contribution in [0.1, 0.15) is 30.0 Å². The van der Waals surface area contributed by atoms with Gasteiger partial charge in [0.05, 0.1) is 11.6 Å². The van der Waals surface area contributed by atoms with Gasteiger partial charge in [-0.25, -0.2) is 4.39 Å². The molecule has 2 aromatic rings. The van der Waals surface area contributed by atoms with E-state index in [4.69, 9.17) is 27.6 Å². The number of rotatable bonds is 4. The van der Waals surface area contributed by atoms with Gasteiger partial charge >= 0.3 is 0 Å². The molecule has 0 aliphatic carbocycles. The molecule has 0 bridgehead atoms. The van der Waals surface area contributed by atoms with Crippen molar-refractivity contribution < 1.29 is 8.81 Å². The van der Waals surface area contributed by atoms with Crippen LogP contribution in [0.5, 0.6) is 0 Å². The van der Waals surface area contributed by atoms with Crippen LogP contribution >= 0.6 is 23.2 Å². The first-order valence-corrected chi connectivity index (χ1v) is 6.66. The summed E-state index contributed by atoms with van der Waals surface area (Å²) in [6, 6.07) is 6.47. The number of benzene rings is 1. The number of hydrogen-bond donors (Lipinski definition) is 1. The second-order valence-electron chi connectivity index (χ2n) is 4.40. The van der Waals surface area contributed by atoms with E-state index >= 15 is 0 Å². The van der Waals surface area contributed by atoms with Crippen LogP contribution in [0.2, 0.25) is 10.0 Å². The molecule has 0 spiro atoms. The average molecular weight is 302 g/mol. The third kappa shape index (κ3) is 3.50. The maximum Gasteiger partial charge on any atom is 0.142 e. The number of furan rings is 1. The molecule has 1 aromatic carbocycles. The van der Waals surface area contributed by atoms with E-state index in [2.05, 4.69) is 5.32 Å². The molecule has 19 heavy (non-hydrogen) atoms. The fraction of sp³-hybridized carbons (Fsp3) is 0.286. The van der Waals surface area contributed by atoms with Crippen molar-refractivity contribution in [1.82, 2.24) is 5.32 Å². The lowest BCUT2D eigenvalue weighted by Crippen LogP contribution is -2.18. The highest BCUT2D eigenvalue weighted by Crippen LogP contribution is 2.28. The van der Waals surface area contributed by atoms with Crippen molar-refractivity contribution in [2.45, 2.75) is 26.4 Å². The molecule has 2 nitrogen and oxygen atoms in total. The van der Waals surface area contributed by atoms with Crippen LogP contribution in [0.15, 0.2) is 28.7 Å². The largest absolute Gasteiger partial charge is 0.465 e. The Hall–Kier alpha value is -1.03. The lowest BCUT2D eigenvalue weighted by molar-refractivity contribution is 0.443. The van der Waals surface area contributed by atoms with E-state index in [-0.39, 0.29) is 11.1 Å². The first kappa shape index (κ1) is 14.4. The second kappa shape index (κ2) is 5.95. The molecule has 0 saturated carbocycles. The summed E-state index contributed by atoms with van der Waals surface area (Å²) in [5.74, 6) is 1.22. The van der Waals surface area contributed by atoms with Gasteiger partial charge in [0.2, 0.25) is 0 Å². The summed E-state index contributed by atoms with van der Waals surface area (Å²) in [7, 11) is 0. The Kier molecular flexibility index (Phi) is 4.50. The lowest BCUT2D eigenvalue weighted by atomic mass is 10.1. The van der Waals surface area contributed by atoms with Crippen molar-refractivity contribution >= 4 is 23.2 Å². The number of nitrogens with one attached hydrogen (secondary N) is 1. The molecule has 0 aliphatic rings. The minimum absolute atomic E-state index is 0.0302. The molecule has 1 heterocycles. The molecular weight excluding hydrogens is 288 g/mol. The third-order valence-electron chi connectivity index (χ3n) is 2.88. The molecule has 102 valence electrons. The lowest BCUT2D eigenvalue weighted by Gasteiger charge is -2.15. The fourth-order valence-electron chi connectivity index (χ4n) is 1.81. The Morgan fingerprint density at radius 1 is 1.26 bits per heavy atom. The monoisotopic (exact) mass is 301 g/mol. The smallest absolute Gasteiger partial charge is 0.142 e. The van der Waals surface area contributed by atoms with Crippen molar-refractivity contribution in [2.75, 3.05) is 0 Å². The van der Waals surface area contributed by atoms with E-state index in [9.17, 15) is 4.39 Å². The molecule has 0 aliphatic heterocycles. The topological polar surface area (TPSA) is 25.2 Å². The van der Waals surface area contributed by atoms with Crippen LogP contribution in [-0.4, -0.2) is 0 Å².